The van der Waals surface area contributed by atoms with Gasteiger partial charge in [0.15, 0.2) is 0 Å². The van der Waals surface area contributed by atoms with Gasteiger partial charge in [-0.15, -0.1) is 0 Å². The molecule has 0 spiro atoms. The van der Waals surface area contributed by atoms with Crippen molar-refractivity contribution in [2.24, 2.45) is 11.7 Å². The average Bonchev–Trinajstić information content (AvgIpc) is 2.43. The Bertz CT molecular complexity index is 404. The van der Waals surface area contributed by atoms with Crippen molar-refractivity contribution in [1.29, 1.82) is 0 Å². The molecule has 2 nitrogen and oxygen atoms in total. The molecule has 0 radical (unpaired) electrons. The number of benzene rings is 1. The maximum atomic E-state index is 6.60. The van der Waals surface area contributed by atoms with Gasteiger partial charge in [-0.3, -0.25) is 0 Å². The van der Waals surface area contributed by atoms with Crippen molar-refractivity contribution in [3.63, 3.8) is 0 Å². The molecule has 106 valence electrons. The van der Waals surface area contributed by atoms with Crippen LogP contribution in [0.15, 0.2) is 24.3 Å². The Morgan fingerprint density at radius 1 is 1.32 bits per heavy atom. The third kappa shape index (κ3) is 3.73. The van der Waals surface area contributed by atoms with E-state index >= 15 is 0 Å². The van der Waals surface area contributed by atoms with Crippen molar-refractivity contribution in [2.75, 3.05) is 6.61 Å². The molecule has 0 bridgehead atoms. The van der Waals surface area contributed by atoms with E-state index in [0.717, 1.165) is 24.5 Å². The summed E-state index contributed by atoms with van der Waals surface area (Å²) in [5.41, 5.74) is 7.68. The molecule has 1 aliphatic heterocycles. The Hall–Kier alpha value is -1.02. The van der Waals surface area contributed by atoms with Gasteiger partial charge in [0.1, 0.15) is 12.4 Å². The van der Waals surface area contributed by atoms with Crippen molar-refractivity contribution in [3.05, 3.63) is 29.8 Å². The SMILES string of the molecule is CCCCC(CC)CC1(N)COc2ccccc2C1. The lowest BCUT2D eigenvalue weighted by atomic mass is 9.79. The van der Waals surface area contributed by atoms with Gasteiger partial charge in [-0.2, -0.15) is 0 Å². The minimum absolute atomic E-state index is 0.178. The number of para-hydroxylation sites is 1. The third-order valence-electron chi connectivity index (χ3n) is 4.27. The third-order valence-corrected chi connectivity index (χ3v) is 4.27. The molecular formula is C17H27NO. The Morgan fingerprint density at radius 2 is 2.11 bits per heavy atom. The van der Waals surface area contributed by atoms with Crippen LogP contribution >= 0.6 is 0 Å². The van der Waals surface area contributed by atoms with Gasteiger partial charge in [0.2, 0.25) is 0 Å². The van der Waals surface area contributed by atoms with E-state index < -0.39 is 0 Å². The van der Waals surface area contributed by atoms with Crippen molar-refractivity contribution >= 4 is 0 Å². The molecule has 0 saturated carbocycles. The quantitative estimate of drug-likeness (QED) is 0.842. The van der Waals surface area contributed by atoms with E-state index in [2.05, 4.69) is 26.0 Å². The van der Waals surface area contributed by atoms with E-state index in [1.807, 2.05) is 12.1 Å². The van der Waals surface area contributed by atoms with Crippen LogP contribution in [-0.4, -0.2) is 12.1 Å². The first kappa shape index (κ1) is 14.4. The summed E-state index contributed by atoms with van der Waals surface area (Å²) < 4.78 is 5.86. The zero-order valence-corrected chi connectivity index (χ0v) is 12.3. The summed E-state index contributed by atoms with van der Waals surface area (Å²) in [7, 11) is 0. The van der Waals surface area contributed by atoms with E-state index in [0.29, 0.717) is 6.61 Å². The molecule has 0 amide bonds. The first-order valence-electron chi connectivity index (χ1n) is 7.66. The van der Waals surface area contributed by atoms with Crippen molar-refractivity contribution in [1.82, 2.24) is 0 Å². The van der Waals surface area contributed by atoms with Crippen LogP contribution in [0, 0.1) is 5.92 Å². The molecule has 1 aromatic carbocycles. The lowest BCUT2D eigenvalue weighted by molar-refractivity contribution is 0.158. The predicted molar refractivity (Wildman–Crippen MR) is 80.5 cm³/mol. The van der Waals surface area contributed by atoms with Crippen LogP contribution in [0.1, 0.15) is 51.5 Å². The molecule has 2 N–H and O–H groups in total. The molecule has 2 rings (SSSR count). The summed E-state index contributed by atoms with van der Waals surface area (Å²) in [6, 6.07) is 8.28. The predicted octanol–water partition coefficient (Wildman–Crippen LogP) is 3.93. The summed E-state index contributed by atoms with van der Waals surface area (Å²) >= 11 is 0. The highest BCUT2D eigenvalue weighted by Gasteiger charge is 2.33. The lowest BCUT2D eigenvalue weighted by Crippen LogP contribution is -2.51. The van der Waals surface area contributed by atoms with E-state index in [1.54, 1.807) is 0 Å². The molecule has 0 aromatic heterocycles. The Kier molecular flexibility index (Phi) is 4.87. The Morgan fingerprint density at radius 3 is 2.84 bits per heavy atom. The Labute approximate surface area is 117 Å². The molecule has 2 heteroatoms. The van der Waals surface area contributed by atoms with Crippen LogP contribution in [0.3, 0.4) is 0 Å². The van der Waals surface area contributed by atoms with Gasteiger partial charge in [0.05, 0.1) is 5.54 Å². The lowest BCUT2D eigenvalue weighted by Gasteiger charge is -2.37. The highest BCUT2D eigenvalue weighted by atomic mass is 16.5. The number of hydrogen-bond acceptors (Lipinski definition) is 2. The molecule has 1 aromatic rings. The second-order valence-corrected chi connectivity index (χ2v) is 6.06. The van der Waals surface area contributed by atoms with Gasteiger partial charge in [0.25, 0.3) is 0 Å². The van der Waals surface area contributed by atoms with Crippen molar-refractivity contribution in [3.8, 4) is 5.75 Å². The largest absolute Gasteiger partial charge is 0.491 e. The zero-order valence-electron chi connectivity index (χ0n) is 12.3. The molecular weight excluding hydrogens is 234 g/mol. The van der Waals surface area contributed by atoms with E-state index in [-0.39, 0.29) is 5.54 Å². The van der Waals surface area contributed by atoms with Crippen molar-refractivity contribution in [2.45, 2.75) is 57.9 Å². The number of unbranched alkanes of at least 4 members (excludes halogenated alkanes) is 1. The summed E-state index contributed by atoms with van der Waals surface area (Å²) in [4.78, 5) is 0. The average molecular weight is 261 g/mol. The van der Waals surface area contributed by atoms with E-state index in [9.17, 15) is 0 Å². The fraction of sp³-hybridized carbons (Fsp3) is 0.647. The smallest absolute Gasteiger partial charge is 0.122 e. The van der Waals surface area contributed by atoms with Gasteiger partial charge in [-0.05, 0) is 30.4 Å². The van der Waals surface area contributed by atoms with Crippen molar-refractivity contribution < 1.29 is 4.74 Å². The fourth-order valence-electron chi connectivity index (χ4n) is 3.09. The monoisotopic (exact) mass is 261 g/mol. The first-order chi connectivity index (χ1) is 9.17. The van der Waals surface area contributed by atoms with Gasteiger partial charge in [0, 0.05) is 0 Å². The van der Waals surface area contributed by atoms with Crippen LogP contribution in [-0.2, 0) is 6.42 Å². The number of fused-ring (bicyclic) bond motifs is 1. The maximum absolute atomic E-state index is 6.60. The molecule has 2 atom stereocenters. The summed E-state index contributed by atoms with van der Waals surface area (Å²) in [6.45, 7) is 5.19. The molecule has 2 unspecified atom stereocenters. The number of ether oxygens (including phenoxy) is 1. The minimum Gasteiger partial charge on any atom is -0.491 e. The standard InChI is InChI=1S/C17H27NO/c1-3-5-8-14(4-2)11-17(18)12-15-9-6-7-10-16(15)19-13-17/h6-7,9-10,14H,3-5,8,11-13,18H2,1-2H3. The zero-order chi connectivity index (χ0) is 13.7. The topological polar surface area (TPSA) is 35.2 Å². The highest BCUT2D eigenvalue weighted by Crippen LogP contribution is 2.33. The van der Waals surface area contributed by atoms with Gasteiger partial charge in [-0.1, -0.05) is 57.7 Å². The van der Waals surface area contributed by atoms with Crippen LogP contribution in [0.25, 0.3) is 0 Å². The van der Waals surface area contributed by atoms with E-state index in [1.165, 1.54) is 31.2 Å². The van der Waals surface area contributed by atoms with Gasteiger partial charge < -0.3 is 10.5 Å². The molecule has 1 heterocycles. The number of hydrogen-bond donors (Lipinski definition) is 1. The van der Waals surface area contributed by atoms with Gasteiger partial charge >= 0.3 is 0 Å². The molecule has 0 aliphatic carbocycles. The van der Waals surface area contributed by atoms with Gasteiger partial charge in [-0.25, -0.2) is 0 Å². The molecule has 19 heavy (non-hydrogen) atoms. The molecule has 1 aliphatic rings. The number of rotatable bonds is 6. The normalized spacial score (nSPS) is 23.5. The minimum atomic E-state index is -0.178. The second-order valence-electron chi connectivity index (χ2n) is 6.06. The summed E-state index contributed by atoms with van der Waals surface area (Å²) in [5, 5.41) is 0. The molecule has 0 saturated heterocycles. The Balaban J connectivity index is 2.00. The number of nitrogens with two attached hydrogens (primary N) is 1. The van der Waals surface area contributed by atoms with Crippen LogP contribution in [0.2, 0.25) is 0 Å². The van der Waals surface area contributed by atoms with E-state index in [4.69, 9.17) is 10.5 Å². The summed E-state index contributed by atoms with van der Waals surface area (Å²) in [6.07, 6.45) is 7.14. The van der Waals surface area contributed by atoms with Crippen LogP contribution < -0.4 is 10.5 Å². The van der Waals surface area contributed by atoms with Crippen LogP contribution in [0.4, 0.5) is 0 Å². The maximum Gasteiger partial charge on any atom is 0.122 e. The second kappa shape index (κ2) is 6.42. The summed E-state index contributed by atoms with van der Waals surface area (Å²) in [5.74, 6) is 1.75. The fourth-order valence-corrected chi connectivity index (χ4v) is 3.09. The van der Waals surface area contributed by atoms with Crippen LogP contribution in [0.5, 0.6) is 5.75 Å². The highest BCUT2D eigenvalue weighted by molar-refractivity contribution is 5.36. The first-order valence-corrected chi connectivity index (χ1v) is 7.66. The molecule has 0 fully saturated rings.